The molecule has 0 fully saturated rings. The fourth-order valence-corrected chi connectivity index (χ4v) is 8.82. The number of fused-ring (bicyclic) bond motifs is 8. The number of ketones is 1. The molecule has 0 aromatic heterocycles. The van der Waals surface area contributed by atoms with Gasteiger partial charge in [-0.2, -0.15) is 36.0 Å². The zero-order valence-electron chi connectivity index (χ0n) is 35.3. The maximum absolute atomic E-state index is 13.8. The van der Waals surface area contributed by atoms with Crippen molar-refractivity contribution in [3.05, 3.63) is 148 Å². The largest absolute Gasteiger partial charge is 0.501 e. The molecule has 9 nitrogen and oxygen atoms in total. The number of hydrogen-bond donors (Lipinski definition) is 0. The van der Waals surface area contributed by atoms with Crippen molar-refractivity contribution in [3.8, 4) is 17.2 Å². The molecule has 0 unspecified atom stereocenters. The van der Waals surface area contributed by atoms with Crippen LogP contribution in [0.2, 0.25) is 0 Å². The Kier molecular flexibility index (Phi) is 13.5. The number of carbonyl (C=O) groups is 3. The average molecular weight is 909 g/mol. The van der Waals surface area contributed by atoms with E-state index in [0.717, 1.165) is 76.2 Å². The second kappa shape index (κ2) is 18.6. The molecule has 4 aliphatic rings. The minimum atomic E-state index is -0.133. The first kappa shape index (κ1) is 44.2. The molecule has 0 saturated carbocycles. The third-order valence-corrected chi connectivity index (χ3v) is 12.9. The van der Waals surface area contributed by atoms with E-state index in [1.54, 1.807) is 31.0 Å². The van der Waals surface area contributed by atoms with Gasteiger partial charge in [0.25, 0.3) is 11.8 Å². The quantitative estimate of drug-likeness (QED) is 0.129. The Labute approximate surface area is 388 Å². The van der Waals surface area contributed by atoms with Gasteiger partial charge in [0, 0.05) is 79.1 Å². The van der Waals surface area contributed by atoms with Crippen LogP contribution >= 0.6 is 11.8 Å². The van der Waals surface area contributed by atoms with Crippen LogP contribution in [0, 0.1) is 19.9 Å². The molecule has 311 valence electrons. The van der Waals surface area contributed by atoms with E-state index < -0.39 is 0 Å². The summed E-state index contributed by atoms with van der Waals surface area (Å²) >= 11 is 1.69. The number of anilines is 2. The topological polar surface area (TPSA) is 97.7 Å². The molecule has 2 atom stereocenters. The number of ether oxygens (including phenoxy) is 3. The minimum absolute atomic E-state index is 0. The van der Waals surface area contributed by atoms with Gasteiger partial charge in [-0.1, -0.05) is 50.2 Å². The molecule has 5 aromatic carbocycles. The molecule has 11 heteroatoms. The average Bonchev–Trinajstić information content (AvgIpc) is 3.73. The fourth-order valence-electron chi connectivity index (χ4n) is 8.51. The predicted octanol–water partition coefficient (Wildman–Crippen LogP) is 9.69. The van der Waals surface area contributed by atoms with E-state index in [4.69, 9.17) is 19.2 Å². The monoisotopic (exact) mass is 908 g/mol. The number of benzene rings is 5. The van der Waals surface area contributed by atoms with Gasteiger partial charge in [-0.15, -0.1) is 11.1 Å². The molecule has 1 radical (unpaired) electrons. The van der Waals surface area contributed by atoms with Crippen molar-refractivity contribution in [3.63, 3.8) is 0 Å². The first-order chi connectivity index (χ1) is 28.9. The van der Waals surface area contributed by atoms with Gasteiger partial charge < -0.3 is 30.8 Å². The number of Topliss-reactive ketones (excluding diaryl/α,β-unsaturated/α-hetero) is 1. The molecule has 2 amide bonds. The van der Waals surface area contributed by atoms with E-state index in [0.29, 0.717) is 35.8 Å². The van der Waals surface area contributed by atoms with Crippen LogP contribution in [0.5, 0.6) is 17.2 Å². The number of hydrogen-bond acceptors (Lipinski definition) is 8. The van der Waals surface area contributed by atoms with E-state index in [-0.39, 0.29) is 73.7 Å². The minimum Gasteiger partial charge on any atom is -0.501 e. The smallest absolute Gasteiger partial charge is 0.261 e. The van der Waals surface area contributed by atoms with Crippen molar-refractivity contribution in [1.82, 2.24) is 0 Å². The van der Waals surface area contributed by atoms with Crippen molar-refractivity contribution in [2.75, 3.05) is 23.2 Å². The Hall–Kier alpha value is -4.90. The molecule has 61 heavy (non-hydrogen) atoms. The molecule has 0 bridgehead atoms. The number of aryl methyl sites for hydroxylation is 2. The Morgan fingerprint density at radius 1 is 0.836 bits per heavy atom. The molecule has 4 aliphatic heterocycles. The summed E-state index contributed by atoms with van der Waals surface area (Å²) in [6.45, 7) is 10.0. The summed E-state index contributed by atoms with van der Waals surface area (Å²) in [4.78, 5) is 46.6. The fraction of sp³-hybridized carbons (Fsp3) is 0.300. The summed E-state index contributed by atoms with van der Waals surface area (Å²) in [5.41, 5.74) is 9.96. The predicted molar refractivity (Wildman–Crippen MR) is 239 cm³/mol. The van der Waals surface area contributed by atoms with Crippen LogP contribution in [0.1, 0.15) is 80.8 Å². The zero-order valence-corrected chi connectivity index (χ0v) is 39.0. The molecule has 0 spiro atoms. The number of rotatable bonds is 10. The van der Waals surface area contributed by atoms with E-state index in [2.05, 4.69) is 31.2 Å². The second-order valence-corrected chi connectivity index (χ2v) is 17.9. The molecule has 0 saturated heterocycles. The SMILES string of the molecule is COc1cc2c(cc1OCc1c[c-]cc(COc3cc4c(cc3C)C(=O)N3c5ccccc5C[C@H]3CC4)c1)N=C[C@@H]1Cc3ccccc3N1C2=O.[CH2-]C(=O)CC(C)(C)SC.[Y]. The van der Waals surface area contributed by atoms with Crippen molar-refractivity contribution in [2.24, 2.45) is 4.99 Å². The van der Waals surface area contributed by atoms with Crippen LogP contribution in [-0.4, -0.2) is 54.0 Å². The van der Waals surface area contributed by atoms with E-state index >= 15 is 0 Å². The summed E-state index contributed by atoms with van der Waals surface area (Å²) in [6, 6.07) is 32.9. The van der Waals surface area contributed by atoms with Gasteiger partial charge >= 0.3 is 0 Å². The number of amides is 2. The summed E-state index contributed by atoms with van der Waals surface area (Å²) in [7, 11) is 1.57. The molecule has 9 rings (SSSR count). The summed E-state index contributed by atoms with van der Waals surface area (Å²) in [6.07, 6.45) is 7.79. The van der Waals surface area contributed by atoms with Gasteiger partial charge in [0.15, 0.2) is 11.5 Å². The van der Waals surface area contributed by atoms with Crippen molar-refractivity contribution in [2.45, 2.75) is 82.9 Å². The number of nitrogens with zero attached hydrogens (tertiary/aromatic N) is 3. The van der Waals surface area contributed by atoms with Crippen molar-refractivity contribution in [1.29, 1.82) is 0 Å². The van der Waals surface area contributed by atoms with E-state index in [9.17, 15) is 14.4 Å². The van der Waals surface area contributed by atoms with Crippen LogP contribution < -0.4 is 24.0 Å². The standard InChI is InChI=1S/C43H36N3O5.C7H13OS.Y/c1-26-16-34-29(14-15-32-18-30-10-3-5-12-37(30)45(32)42(34)47)20-39(26)50-24-27-8-7-9-28(17-27)25-51-41-22-36-35(21-40(41)49-2)43(48)46-33(23-44-36)19-31-11-4-6-13-38(31)46;1-6(8)5-7(2,3)9-4;/h3-6,8-13,16-17,20-23,32-33H,14-15,18-19,24-25H2,1-2H3;1,5H2,2-4H3;/q2*-1;/t32-,33+;;/m1../s1. The van der Waals surface area contributed by atoms with Gasteiger partial charge in [0.1, 0.15) is 5.75 Å². The van der Waals surface area contributed by atoms with Crippen LogP contribution in [-0.2, 0) is 70.0 Å². The molecule has 4 heterocycles. The van der Waals surface area contributed by atoms with Crippen LogP contribution in [0.15, 0.2) is 96.0 Å². The Balaban J connectivity index is 0.000000507. The first-order valence-electron chi connectivity index (χ1n) is 20.3. The molecular formula is C50H49N3O6SY-2. The Morgan fingerprint density at radius 2 is 1.48 bits per heavy atom. The maximum Gasteiger partial charge on any atom is 0.261 e. The van der Waals surface area contributed by atoms with Gasteiger partial charge in [-0.25, -0.2) is 0 Å². The first-order valence-corrected chi connectivity index (χ1v) is 21.5. The zero-order chi connectivity index (χ0) is 42.1. The number of methoxy groups -OCH3 is 1. The van der Waals surface area contributed by atoms with Crippen LogP contribution in [0.4, 0.5) is 17.1 Å². The summed E-state index contributed by atoms with van der Waals surface area (Å²) < 4.78 is 18.4. The van der Waals surface area contributed by atoms with Crippen molar-refractivity contribution < 1.29 is 61.3 Å². The molecule has 0 N–H and O–H groups in total. The third kappa shape index (κ3) is 9.32. The van der Waals surface area contributed by atoms with Crippen LogP contribution in [0.25, 0.3) is 0 Å². The summed E-state index contributed by atoms with van der Waals surface area (Å²) in [5, 5.41) is 0. The summed E-state index contributed by atoms with van der Waals surface area (Å²) in [5.74, 6) is 1.74. The van der Waals surface area contributed by atoms with Gasteiger partial charge in [0.05, 0.1) is 37.6 Å². The number of para-hydroxylation sites is 2. The number of carbonyl (C=O) groups excluding carboxylic acids is 3. The Bertz CT molecular complexity index is 2520. The van der Waals surface area contributed by atoms with E-state index in [1.165, 1.54) is 5.56 Å². The molecule has 5 aromatic rings. The number of aliphatic imine (C=N–C) groups is 1. The van der Waals surface area contributed by atoms with Gasteiger partial charge in [-0.05, 0) is 97.2 Å². The van der Waals surface area contributed by atoms with E-state index in [1.807, 2.05) is 104 Å². The Morgan fingerprint density at radius 3 is 2.13 bits per heavy atom. The maximum atomic E-state index is 13.8. The molecular weight excluding hydrogens is 860 g/mol. The normalized spacial score (nSPS) is 16.9. The van der Waals surface area contributed by atoms with Gasteiger partial charge in [0.2, 0.25) is 0 Å². The third-order valence-electron chi connectivity index (χ3n) is 11.7. The number of thioether (sulfide) groups is 1. The van der Waals surface area contributed by atoms with Gasteiger partial charge in [-0.3, -0.25) is 19.5 Å². The molecule has 0 aliphatic carbocycles. The van der Waals surface area contributed by atoms with Crippen molar-refractivity contribution >= 4 is 52.6 Å². The van der Waals surface area contributed by atoms with Crippen LogP contribution in [0.3, 0.4) is 0 Å². The second-order valence-electron chi connectivity index (χ2n) is 16.4.